The van der Waals surface area contributed by atoms with E-state index in [4.69, 9.17) is 11.6 Å². The zero-order chi connectivity index (χ0) is 22.6. The summed E-state index contributed by atoms with van der Waals surface area (Å²) in [5.74, 6) is -0.394. The SMILES string of the molecule is CCCC(NC(=O)c1cnn(-c2ccc(Cl)cc2)c1CO)c1ccc(S(C)(=O)=O)nc1. The first-order chi connectivity index (χ1) is 14.7. The number of halogens is 1. The summed E-state index contributed by atoms with van der Waals surface area (Å²) in [7, 11) is -3.40. The standard InChI is InChI=1S/C21H23ClN4O4S/c1-3-4-18(14-5-10-20(23-11-14)31(2,29)30)25-21(28)17-12-24-26(19(17)13-27)16-8-6-15(22)7-9-16/h5-12,18,27H,3-4,13H2,1-2H3,(H,25,28). The summed E-state index contributed by atoms with van der Waals surface area (Å²) in [6.07, 6.45) is 5.38. The molecule has 0 bridgehead atoms. The van der Waals surface area contributed by atoms with E-state index >= 15 is 0 Å². The zero-order valence-electron chi connectivity index (χ0n) is 17.1. The zero-order valence-corrected chi connectivity index (χ0v) is 18.7. The Bertz CT molecular complexity index is 1160. The molecule has 0 aliphatic rings. The van der Waals surface area contributed by atoms with Gasteiger partial charge < -0.3 is 10.4 Å². The van der Waals surface area contributed by atoms with E-state index in [1.54, 1.807) is 30.3 Å². The second-order valence-corrected chi connectivity index (χ2v) is 9.47. The quantitative estimate of drug-likeness (QED) is 0.531. The summed E-state index contributed by atoms with van der Waals surface area (Å²) in [4.78, 5) is 17.0. The fourth-order valence-corrected chi connectivity index (χ4v) is 3.87. The van der Waals surface area contributed by atoms with Crippen LogP contribution >= 0.6 is 11.6 Å². The highest BCUT2D eigenvalue weighted by Gasteiger charge is 2.22. The van der Waals surface area contributed by atoms with Gasteiger partial charge in [-0.05, 0) is 42.3 Å². The van der Waals surface area contributed by atoms with Crippen LogP contribution in [0.3, 0.4) is 0 Å². The predicted molar refractivity (Wildman–Crippen MR) is 117 cm³/mol. The van der Waals surface area contributed by atoms with Crippen molar-refractivity contribution in [2.24, 2.45) is 0 Å². The number of rotatable bonds is 8. The number of aromatic nitrogens is 3. The Balaban J connectivity index is 1.86. The molecule has 3 rings (SSSR count). The number of hydrogen-bond acceptors (Lipinski definition) is 6. The fraction of sp³-hybridized carbons (Fsp3) is 0.286. The molecule has 10 heteroatoms. The molecule has 2 N–H and O–H groups in total. The van der Waals surface area contributed by atoms with Crippen molar-refractivity contribution in [2.75, 3.05) is 6.26 Å². The topological polar surface area (TPSA) is 114 Å². The summed E-state index contributed by atoms with van der Waals surface area (Å²) >= 11 is 5.93. The first-order valence-electron chi connectivity index (χ1n) is 9.65. The van der Waals surface area contributed by atoms with Gasteiger partial charge in [0.2, 0.25) is 0 Å². The fourth-order valence-electron chi connectivity index (χ4n) is 3.18. The highest BCUT2D eigenvalue weighted by Crippen LogP contribution is 2.22. The van der Waals surface area contributed by atoms with Crippen LogP contribution in [0.5, 0.6) is 0 Å². The second-order valence-electron chi connectivity index (χ2n) is 7.07. The van der Waals surface area contributed by atoms with Gasteiger partial charge in [-0.2, -0.15) is 5.10 Å². The monoisotopic (exact) mass is 462 g/mol. The van der Waals surface area contributed by atoms with Gasteiger partial charge in [0.05, 0.1) is 35.8 Å². The van der Waals surface area contributed by atoms with Crippen molar-refractivity contribution in [2.45, 2.75) is 37.4 Å². The number of hydrogen-bond donors (Lipinski definition) is 2. The molecule has 0 aliphatic carbocycles. The van der Waals surface area contributed by atoms with E-state index in [-0.39, 0.29) is 23.2 Å². The lowest BCUT2D eigenvalue weighted by Crippen LogP contribution is -2.29. The number of pyridine rings is 1. The molecule has 164 valence electrons. The van der Waals surface area contributed by atoms with E-state index in [1.165, 1.54) is 23.1 Å². The molecule has 0 spiro atoms. The first-order valence-corrected chi connectivity index (χ1v) is 11.9. The molecule has 1 atom stereocenters. The highest BCUT2D eigenvalue weighted by atomic mass is 35.5. The molecule has 0 aliphatic heterocycles. The number of sulfone groups is 1. The normalized spacial score (nSPS) is 12.5. The van der Waals surface area contributed by atoms with E-state index in [1.807, 2.05) is 6.92 Å². The van der Waals surface area contributed by atoms with Crippen LogP contribution in [0, 0.1) is 0 Å². The second kappa shape index (κ2) is 9.59. The van der Waals surface area contributed by atoms with E-state index in [0.29, 0.717) is 28.4 Å². The van der Waals surface area contributed by atoms with Crippen molar-refractivity contribution in [3.63, 3.8) is 0 Å². The van der Waals surface area contributed by atoms with E-state index in [2.05, 4.69) is 15.4 Å². The number of nitrogens with one attached hydrogen (secondary N) is 1. The van der Waals surface area contributed by atoms with Crippen molar-refractivity contribution in [3.05, 3.63) is 70.6 Å². The maximum absolute atomic E-state index is 13.0. The minimum Gasteiger partial charge on any atom is -0.390 e. The molecule has 1 unspecified atom stereocenters. The third kappa shape index (κ3) is 5.30. The van der Waals surface area contributed by atoms with Gasteiger partial charge in [0.25, 0.3) is 5.91 Å². The van der Waals surface area contributed by atoms with Crippen molar-refractivity contribution in [1.82, 2.24) is 20.1 Å². The molecule has 2 heterocycles. The van der Waals surface area contributed by atoms with Crippen LogP contribution in [0.2, 0.25) is 5.02 Å². The molecule has 8 nitrogen and oxygen atoms in total. The number of nitrogens with zero attached hydrogens (tertiary/aromatic N) is 3. The highest BCUT2D eigenvalue weighted by molar-refractivity contribution is 7.90. The van der Waals surface area contributed by atoms with Crippen LogP contribution in [0.1, 0.15) is 47.4 Å². The van der Waals surface area contributed by atoms with Gasteiger partial charge in [0, 0.05) is 17.5 Å². The van der Waals surface area contributed by atoms with Crippen LogP contribution < -0.4 is 5.32 Å². The third-order valence-electron chi connectivity index (χ3n) is 4.76. The molecule has 0 saturated carbocycles. The summed E-state index contributed by atoms with van der Waals surface area (Å²) in [5.41, 5.74) is 1.95. The number of aliphatic hydroxyl groups is 1. The van der Waals surface area contributed by atoms with Gasteiger partial charge >= 0.3 is 0 Å². The van der Waals surface area contributed by atoms with Crippen LogP contribution in [-0.2, 0) is 16.4 Å². The van der Waals surface area contributed by atoms with Crippen LogP contribution in [-0.4, -0.2) is 40.5 Å². The van der Waals surface area contributed by atoms with Gasteiger partial charge in [0.15, 0.2) is 14.9 Å². The lowest BCUT2D eigenvalue weighted by molar-refractivity contribution is 0.0931. The van der Waals surface area contributed by atoms with E-state index < -0.39 is 15.7 Å². The summed E-state index contributed by atoms with van der Waals surface area (Å²) in [6, 6.07) is 9.58. The molecule has 31 heavy (non-hydrogen) atoms. The van der Waals surface area contributed by atoms with Crippen molar-refractivity contribution < 1.29 is 18.3 Å². The van der Waals surface area contributed by atoms with Crippen LogP contribution in [0.25, 0.3) is 5.69 Å². The van der Waals surface area contributed by atoms with Gasteiger partial charge in [-0.25, -0.2) is 18.1 Å². The van der Waals surface area contributed by atoms with Crippen molar-refractivity contribution in [3.8, 4) is 5.69 Å². The Morgan fingerprint density at radius 2 is 1.90 bits per heavy atom. The Morgan fingerprint density at radius 3 is 2.45 bits per heavy atom. The number of aliphatic hydroxyl groups excluding tert-OH is 1. The molecule has 2 aromatic heterocycles. The first kappa shape index (κ1) is 22.9. The molecular weight excluding hydrogens is 440 g/mol. The average molecular weight is 463 g/mol. The number of carbonyl (C=O) groups is 1. The summed E-state index contributed by atoms with van der Waals surface area (Å²) in [6.45, 7) is 1.60. The molecular formula is C21H23ClN4O4S. The molecule has 1 aromatic carbocycles. The number of carbonyl (C=O) groups excluding carboxylic acids is 1. The summed E-state index contributed by atoms with van der Waals surface area (Å²) < 4.78 is 24.8. The van der Waals surface area contributed by atoms with Gasteiger partial charge in [-0.1, -0.05) is 31.0 Å². The number of benzene rings is 1. The third-order valence-corrected chi connectivity index (χ3v) is 6.01. The van der Waals surface area contributed by atoms with Gasteiger partial charge in [0.1, 0.15) is 0 Å². The minimum absolute atomic E-state index is 0.0235. The van der Waals surface area contributed by atoms with Crippen LogP contribution in [0.4, 0.5) is 0 Å². The minimum atomic E-state index is -3.40. The molecule has 3 aromatic rings. The average Bonchev–Trinajstić information content (AvgIpc) is 3.17. The van der Waals surface area contributed by atoms with Gasteiger partial charge in [-0.3, -0.25) is 4.79 Å². The molecule has 1 amide bonds. The predicted octanol–water partition coefficient (Wildman–Crippen LogP) is 3.09. The van der Waals surface area contributed by atoms with Crippen molar-refractivity contribution in [1.29, 1.82) is 0 Å². The molecule has 0 radical (unpaired) electrons. The Morgan fingerprint density at radius 1 is 1.19 bits per heavy atom. The van der Waals surface area contributed by atoms with E-state index in [9.17, 15) is 18.3 Å². The maximum atomic E-state index is 13.0. The Labute approximate surface area is 185 Å². The largest absolute Gasteiger partial charge is 0.390 e. The Kier molecular flexibility index (Phi) is 7.09. The molecule has 0 fully saturated rings. The lowest BCUT2D eigenvalue weighted by atomic mass is 10.0. The summed E-state index contributed by atoms with van der Waals surface area (Å²) in [5, 5.41) is 17.6. The van der Waals surface area contributed by atoms with Crippen LogP contribution in [0.15, 0.2) is 53.8 Å². The van der Waals surface area contributed by atoms with Crippen molar-refractivity contribution >= 4 is 27.3 Å². The lowest BCUT2D eigenvalue weighted by Gasteiger charge is -2.18. The maximum Gasteiger partial charge on any atom is 0.255 e. The smallest absolute Gasteiger partial charge is 0.255 e. The number of amides is 1. The Hall–Kier alpha value is -2.75. The van der Waals surface area contributed by atoms with Gasteiger partial charge in [-0.15, -0.1) is 0 Å². The molecule has 0 saturated heterocycles. The van der Waals surface area contributed by atoms with E-state index in [0.717, 1.165) is 12.7 Å².